The maximum Gasteiger partial charge on any atom is 0.418 e. The molecule has 11 heteroatoms. The minimum absolute atomic E-state index is 0.101. The van der Waals surface area contributed by atoms with E-state index in [0.29, 0.717) is 6.61 Å². The number of nitrogens with zero attached hydrogens (tertiary/aromatic N) is 3. The number of aromatic nitrogens is 1. The molecular formula is C20H21BrFN5O4. The molecule has 0 aliphatic carbocycles. The molecule has 9 nitrogen and oxygen atoms in total. The number of nitrogens with one attached hydrogen (secondary N) is 1. The fourth-order valence-corrected chi connectivity index (χ4v) is 3.39. The van der Waals surface area contributed by atoms with Crippen molar-refractivity contribution >= 4 is 39.5 Å². The lowest BCUT2D eigenvalue weighted by molar-refractivity contribution is -0.126. The van der Waals surface area contributed by atoms with Crippen LogP contribution in [0.4, 0.5) is 14.9 Å². The molecule has 1 aromatic heterocycles. The molecule has 1 aliphatic rings. The normalized spacial score (nSPS) is 18.5. The van der Waals surface area contributed by atoms with Gasteiger partial charge in [-0.15, -0.1) is 0 Å². The number of benzene rings is 1. The lowest BCUT2D eigenvalue weighted by Crippen LogP contribution is -2.53. The van der Waals surface area contributed by atoms with Crippen LogP contribution < -0.4 is 15.8 Å². The molecule has 1 aliphatic heterocycles. The number of aliphatic imine (C=N–C) groups is 1. The number of ether oxygens (including phenoxy) is 2. The van der Waals surface area contributed by atoms with Gasteiger partial charge in [0, 0.05) is 41.6 Å². The van der Waals surface area contributed by atoms with E-state index in [-0.39, 0.29) is 36.1 Å². The summed E-state index contributed by atoms with van der Waals surface area (Å²) >= 11 is 3.24. The third-order valence-corrected chi connectivity index (χ3v) is 5.10. The zero-order valence-corrected chi connectivity index (χ0v) is 18.5. The Morgan fingerprint density at radius 2 is 2.16 bits per heavy atom. The highest BCUT2D eigenvalue weighted by molar-refractivity contribution is 9.10. The molecule has 3 rings (SSSR count). The van der Waals surface area contributed by atoms with Crippen molar-refractivity contribution in [2.75, 3.05) is 32.1 Å². The summed E-state index contributed by atoms with van der Waals surface area (Å²) in [5.74, 6) is -1.10. The average Bonchev–Trinajstić information content (AvgIpc) is 2.72. The topological polar surface area (TPSA) is 119 Å². The highest BCUT2D eigenvalue weighted by Gasteiger charge is 2.39. The van der Waals surface area contributed by atoms with Crippen LogP contribution in [0.3, 0.4) is 0 Å². The minimum Gasteiger partial charge on any atom is -0.391 e. The molecule has 2 heterocycles. The van der Waals surface area contributed by atoms with Gasteiger partial charge in [0.2, 0.25) is 5.88 Å². The Kier molecular flexibility index (Phi) is 6.86. The average molecular weight is 494 g/mol. The molecule has 3 N–H and O–H groups in total. The SMILES string of the molecule is COCCN1CC(C)(c2cc(NC(=O)Oc3ccc(Br)cn3)ccc2F)N=C(N)C1=O. The van der Waals surface area contributed by atoms with E-state index < -0.39 is 23.4 Å². The van der Waals surface area contributed by atoms with Gasteiger partial charge in [0.05, 0.1) is 13.2 Å². The zero-order chi connectivity index (χ0) is 22.6. The molecule has 1 atom stereocenters. The number of methoxy groups -OCH3 is 1. The summed E-state index contributed by atoms with van der Waals surface area (Å²) in [6, 6.07) is 7.23. The van der Waals surface area contributed by atoms with Crippen molar-refractivity contribution in [1.82, 2.24) is 9.88 Å². The summed E-state index contributed by atoms with van der Waals surface area (Å²) in [7, 11) is 1.52. The Morgan fingerprint density at radius 3 is 2.84 bits per heavy atom. The molecule has 1 aromatic carbocycles. The molecule has 0 radical (unpaired) electrons. The van der Waals surface area contributed by atoms with Crippen LogP contribution in [-0.4, -0.2) is 54.5 Å². The molecule has 0 bridgehead atoms. The fourth-order valence-electron chi connectivity index (χ4n) is 3.16. The fraction of sp³-hybridized carbons (Fsp3) is 0.300. The van der Waals surface area contributed by atoms with E-state index in [0.717, 1.165) is 4.47 Å². The number of pyridine rings is 1. The van der Waals surface area contributed by atoms with E-state index in [1.165, 1.54) is 42.5 Å². The van der Waals surface area contributed by atoms with Gasteiger partial charge in [0.25, 0.3) is 5.91 Å². The van der Waals surface area contributed by atoms with Gasteiger partial charge in [0.1, 0.15) is 11.4 Å². The molecule has 0 fully saturated rings. The molecule has 0 spiro atoms. The largest absolute Gasteiger partial charge is 0.418 e. The second kappa shape index (κ2) is 9.40. The molecule has 0 saturated carbocycles. The van der Waals surface area contributed by atoms with Crippen LogP contribution in [0.1, 0.15) is 12.5 Å². The highest BCUT2D eigenvalue weighted by atomic mass is 79.9. The van der Waals surface area contributed by atoms with E-state index in [4.69, 9.17) is 15.2 Å². The third-order valence-electron chi connectivity index (χ3n) is 4.63. The van der Waals surface area contributed by atoms with Crippen molar-refractivity contribution in [3.8, 4) is 5.88 Å². The van der Waals surface area contributed by atoms with E-state index in [1.54, 1.807) is 13.0 Å². The molecule has 0 saturated heterocycles. The van der Waals surface area contributed by atoms with Crippen LogP contribution in [0.5, 0.6) is 5.88 Å². The number of carbonyl (C=O) groups excluding carboxylic acids is 2. The van der Waals surface area contributed by atoms with Crippen LogP contribution in [0.15, 0.2) is 46.0 Å². The van der Waals surface area contributed by atoms with Crippen molar-refractivity contribution in [2.24, 2.45) is 10.7 Å². The van der Waals surface area contributed by atoms with Crippen LogP contribution in [-0.2, 0) is 15.1 Å². The molecule has 2 amide bonds. The maximum atomic E-state index is 14.7. The summed E-state index contributed by atoms with van der Waals surface area (Å²) < 4.78 is 25.6. The summed E-state index contributed by atoms with van der Waals surface area (Å²) in [6.07, 6.45) is 0.697. The van der Waals surface area contributed by atoms with E-state index in [2.05, 4.69) is 31.2 Å². The Labute approximate surface area is 186 Å². The van der Waals surface area contributed by atoms with Crippen LogP contribution >= 0.6 is 15.9 Å². The predicted molar refractivity (Wildman–Crippen MR) is 115 cm³/mol. The number of carbonyl (C=O) groups is 2. The predicted octanol–water partition coefficient (Wildman–Crippen LogP) is 2.66. The number of anilines is 1. The minimum atomic E-state index is -1.15. The summed E-state index contributed by atoms with van der Waals surface area (Å²) in [4.78, 5) is 34.1. The highest BCUT2D eigenvalue weighted by Crippen LogP contribution is 2.33. The third kappa shape index (κ3) is 5.36. The van der Waals surface area contributed by atoms with Crippen molar-refractivity contribution in [2.45, 2.75) is 12.5 Å². The maximum absolute atomic E-state index is 14.7. The number of nitrogens with two attached hydrogens (primary N) is 1. The Morgan fingerprint density at radius 1 is 1.39 bits per heavy atom. The summed E-state index contributed by atoms with van der Waals surface area (Å²) in [6.45, 7) is 2.35. The van der Waals surface area contributed by atoms with Crippen molar-refractivity contribution in [3.63, 3.8) is 0 Å². The first-order chi connectivity index (χ1) is 14.7. The first-order valence-corrected chi connectivity index (χ1v) is 10.0. The number of halogens is 2. The van der Waals surface area contributed by atoms with Crippen LogP contribution in [0, 0.1) is 5.82 Å². The first kappa shape index (κ1) is 22.6. The number of rotatable bonds is 6. The zero-order valence-electron chi connectivity index (χ0n) is 16.9. The number of amidine groups is 1. The van der Waals surface area contributed by atoms with Gasteiger partial charge < -0.3 is 20.1 Å². The van der Waals surface area contributed by atoms with Gasteiger partial charge in [-0.3, -0.25) is 15.1 Å². The number of hydrogen-bond acceptors (Lipinski definition) is 7. The van der Waals surface area contributed by atoms with Crippen molar-refractivity contribution in [1.29, 1.82) is 0 Å². The van der Waals surface area contributed by atoms with E-state index in [9.17, 15) is 14.0 Å². The van der Waals surface area contributed by atoms with Gasteiger partial charge >= 0.3 is 6.09 Å². The van der Waals surface area contributed by atoms with Gasteiger partial charge in [0.15, 0.2) is 5.84 Å². The second-order valence-corrected chi connectivity index (χ2v) is 7.93. The van der Waals surface area contributed by atoms with Gasteiger partial charge in [-0.1, -0.05) is 0 Å². The smallest absolute Gasteiger partial charge is 0.391 e. The quantitative estimate of drug-likeness (QED) is 0.638. The van der Waals surface area contributed by atoms with Crippen molar-refractivity contribution in [3.05, 3.63) is 52.4 Å². The van der Waals surface area contributed by atoms with Crippen LogP contribution in [0.2, 0.25) is 0 Å². The van der Waals surface area contributed by atoms with E-state index in [1.807, 2.05) is 0 Å². The standard InChI is InChI=1S/C20H21BrFN5O4/c1-20(11-27(7-8-30-2)18(28)17(23)26-20)14-9-13(4-5-15(14)22)25-19(29)31-16-6-3-12(21)10-24-16/h3-6,9-10H,7-8,11H2,1-2H3,(H2,23,26)(H,25,29). The first-order valence-electron chi connectivity index (χ1n) is 9.26. The lowest BCUT2D eigenvalue weighted by Gasteiger charge is -2.37. The molecule has 31 heavy (non-hydrogen) atoms. The Balaban J connectivity index is 1.82. The molecule has 2 aromatic rings. The lowest BCUT2D eigenvalue weighted by atomic mass is 9.89. The van der Waals surface area contributed by atoms with Crippen LogP contribution in [0.25, 0.3) is 0 Å². The Bertz CT molecular complexity index is 1020. The van der Waals surface area contributed by atoms with Gasteiger partial charge in [-0.2, -0.15) is 0 Å². The molecule has 164 valence electrons. The Hall–Kier alpha value is -3.05. The molecular weight excluding hydrogens is 473 g/mol. The molecule has 1 unspecified atom stereocenters. The summed E-state index contributed by atoms with van der Waals surface area (Å²) in [5.41, 5.74) is 5.12. The number of amides is 2. The number of hydrogen-bond donors (Lipinski definition) is 2. The second-order valence-electron chi connectivity index (χ2n) is 7.01. The monoisotopic (exact) mass is 493 g/mol. The van der Waals surface area contributed by atoms with Gasteiger partial charge in [-0.05, 0) is 47.1 Å². The summed E-state index contributed by atoms with van der Waals surface area (Å²) in [5, 5.41) is 2.53. The van der Waals surface area contributed by atoms with E-state index >= 15 is 0 Å². The van der Waals surface area contributed by atoms with Crippen molar-refractivity contribution < 1.29 is 23.5 Å². The van der Waals surface area contributed by atoms with Gasteiger partial charge in [-0.25, -0.2) is 14.2 Å².